The average Bonchev–Trinajstić information content (AvgIpc) is 2.33. The molecule has 0 saturated carbocycles. The van der Waals surface area contributed by atoms with Gasteiger partial charge in [0.05, 0.1) is 10.0 Å². The number of halogens is 3. The van der Waals surface area contributed by atoms with Crippen LogP contribution < -0.4 is 5.32 Å². The van der Waals surface area contributed by atoms with Crippen LogP contribution in [0.3, 0.4) is 0 Å². The maximum atomic E-state index is 13.4. The van der Waals surface area contributed by atoms with Crippen molar-refractivity contribution in [2.45, 2.75) is 32.8 Å². The second-order valence-corrected chi connectivity index (χ2v) is 6.20. The zero-order valence-electron chi connectivity index (χ0n) is 12.2. The number of carbonyl (C=O) groups is 1. The van der Waals surface area contributed by atoms with E-state index >= 15 is 0 Å². The minimum atomic E-state index is -0.560. The van der Waals surface area contributed by atoms with Gasteiger partial charge in [-0.15, -0.1) is 0 Å². The van der Waals surface area contributed by atoms with Crippen LogP contribution in [0.1, 0.15) is 32.8 Å². The monoisotopic (exact) mass is 333 g/mol. The van der Waals surface area contributed by atoms with Crippen molar-refractivity contribution in [3.8, 4) is 0 Å². The molecule has 3 nitrogen and oxygen atoms in total. The van der Waals surface area contributed by atoms with E-state index in [1.54, 1.807) is 39.0 Å². The molecule has 0 aliphatic rings. The molecule has 1 rings (SSSR count). The lowest BCUT2D eigenvalue weighted by atomic mass is 10.2. The van der Waals surface area contributed by atoms with Crippen LogP contribution in [0.2, 0.25) is 10.0 Å². The van der Waals surface area contributed by atoms with Crippen molar-refractivity contribution in [1.82, 2.24) is 5.32 Å². The summed E-state index contributed by atoms with van der Waals surface area (Å²) in [5.41, 5.74) is 0.0940. The van der Waals surface area contributed by atoms with Crippen molar-refractivity contribution >= 4 is 35.4 Å². The molecule has 0 aliphatic carbocycles. The fraction of sp³-hybridized carbons (Fsp3) is 0.400. The molecule has 0 heterocycles. The van der Waals surface area contributed by atoms with Crippen LogP contribution in [0.5, 0.6) is 0 Å². The maximum Gasteiger partial charge on any atom is 0.407 e. The van der Waals surface area contributed by atoms with E-state index in [0.29, 0.717) is 18.5 Å². The van der Waals surface area contributed by atoms with Gasteiger partial charge in [0.25, 0.3) is 0 Å². The molecule has 0 atom stereocenters. The van der Waals surface area contributed by atoms with Crippen LogP contribution in [-0.4, -0.2) is 18.2 Å². The van der Waals surface area contributed by atoms with E-state index in [1.165, 1.54) is 6.07 Å². The lowest BCUT2D eigenvalue weighted by Gasteiger charge is -2.19. The molecule has 116 valence electrons. The van der Waals surface area contributed by atoms with Crippen molar-refractivity contribution < 1.29 is 13.9 Å². The van der Waals surface area contributed by atoms with Gasteiger partial charge in [-0.05, 0) is 44.9 Å². The van der Waals surface area contributed by atoms with Crippen molar-refractivity contribution in [3.05, 3.63) is 39.6 Å². The highest BCUT2D eigenvalue weighted by Crippen LogP contribution is 2.26. The maximum absolute atomic E-state index is 13.4. The van der Waals surface area contributed by atoms with E-state index in [0.717, 1.165) is 0 Å². The first-order chi connectivity index (χ1) is 9.69. The van der Waals surface area contributed by atoms with Gasteiger partial charge in [-0.25, -0.2) is 9.18 Å². The van der Waals surface area contributed by atoms with Gasteiger partial charge in [0.1, 0.15) is 11.4 Å². The number of hydrogen-bond acceptors (Lipinski definition) is 2. The average molecular weight is 334 g/mol. The minimum Gasteiger partial charge on any atom is -0.444 e. The Kier molecular flexibility index (Phi) is 6.49. The van der Waals surface area contributed by atoms with E-state index in [2.05, 4.69) is 5.32 Å². The van der Waals surface area contributed by atoms with Crippen molar-refractivity contribution in [3.63, 3.8) is 0 Å². The van der Waals surface area contributed by atoms with E-state index in [1.807, 2.05) is 0 Å². The van der Waals surface area contributed by atoms with Gasteiger partial charge in [0.15, 0.2) is 0 Å². The zero-order chi connectivity index (χ0) is 16.0. The van der Waals surface area contributed by atoms with E-state index in [-0.39, 0.29) is 10.0 Å². The first-order valence-electron chi connectivity index (χ1n) is 6.47. The van der Waals surface area contributed by atoms with Crippen LogP contribution in [0.25, 0.3) is 6.08 Å². The van der Waals surface area contributed by atoms with E-state index in [9.17, 15) is 9.18 Å². The molecule has 1 aromatic carbocycles. The molecule has 0 aliphatic heterocycles. The number of carbonyl (C=O) groups excluding carboxylic acids is 1. The highest BCUT2D eigenvalue weighted by molar-refractivity contribution is 6.42. The summed E-state index contributed by atoms with van der Waals surface area (Å²) in [6, 6.07) is 2.87. The Morgan fingerprint density at radius 1 is 1.38 bits per heavy atom. The normalized spacial score (nSPS) is 11.7. The summed E-state index contributed by atoms with van der Waals surface area (Å²) in [4.78, 5) is 11.4. The van der Waals surface area contributed by atoms with Gasteiger partial charge >= 0.3 is 6.09 Å². The molecule has 1 amide bonds. The molecule has 0 saturated heterocycles. The second-order valence-electron chi connectivity index (χ2n) is 5.42. The molecule has 0 unspecified atom stereocenters. The third-order valence-electron chi connectivity index (χ3n) is 2.30. The fourth-order valence-corrected chi connectivity index (χ4v) is 1.79. The standard InChI is InChI=1S/C15H18Cl2FNO2/c1-15(2,3)21-14(20)19-7-5-4-6-10-8-11(16)13(17)12(18)9-10/h4,6,8-9H,5,7H2,1-3H3,(H,19,20). The molecule has 21 heavy (non-hydrogen) atoms. The SMILES string of the molecule is CC(C)(C)OC(=O)NCCC=Cc1cc(F)c(Cl)c(Cl)c1. The number of alkyl carbamates (subject to hydrolysis) is 1. The highest BCUT2D eigenvalue weighted by Gasteiger charge is 2.15. The molecule has 6 heteroatoms. The largest absolute Gasteiger partial charge is 0.444 e. The van der Waals surface area contributed by atoms with E-state index < -0.39 is 17.5 Å². The number of amides is 1. The molecule has 0 bridgehead atoms. The molecule has 0 fully saturated rings. The fourth-order valence-electron chi connectivity index (χ4n) is 1.46. The third-order valence-corrected chi connectivity index (χ3v) is 3.07. The lowest BCUT2D eigenvalue weighted by Crippen LogP contribution is -2.32. The van der Waals surface area contributed by atoms with Crippen LogP contribution in [0.4, 0.5) is 9.18 Å². The van der Waals surface area contributed by atoms with Gasteiger partial charge in [0.2, 0.25) is 0 Å². The van der Waals surface area contributed by atoms with Crippen LogP contribution in [0.15, 0.2) is 18.2 Å². The summed E-state index contributed by atoms with van der Waals surface area (Å²) in [7, 11) is 0. The highest BCUT2D eigenvalue weighted by atomic mass is 35.5. The molecule has 0 spiro atoms. The summed E-state index contributed by atoms with van der Waals surface area (Å²) in [6.07, 6.45) is 3.64. The Bertz CT molecular complexity index is 516. The summed E-state index contributed by atoms with van der Waals surface area (Å²) < 4.78 is 18.4. The predicted octanol–water partition coefficient (Wildman–Crippen LogP) is 5.06. The molecule has 1 aromatic rings. The van der Waals surface area contributed by atoms with Crippen LogP contribution in [-0.2, 0) is 4.74 Å². The van der Waals surface area contributed by atoms with Gasteiger partial charge in [0, 0.05) is 6.54 Å². The molecule has 0 aromatic heterocycles. The molecular weight excluding hydrogens is 316 g/mol. The smallest absolute Gasteiger partial charge is 0.407 e. The summed E-state index contributed by atoms with van der Waals surface area (Å²) >= 11 is 11.4. The van der Waals surface area contributed by atoms with Gasteiger partial charge in [-0.3, -0.25) is 0 Å². The zero-order valence-corrected chi connectivity index (χ0v) is 13.7. The first-order valence-corrected chi connectivity index (χ1v) is 7.22. The molecule has 1 N–H and O–H groups in total. The van der Waals surface area contributed by atoms with Crippen molar-refractivity contribution in [1.29, 1.82) is 0 Å². The number of benzene rings is 1. The van der Waals surface area contributed by atoms with E-state index in [4.69, 9.17) is 27.9 Å². The number of rotatable bonds is 4. The Labute approximate surface area is 134 Å². The van der Waals surface area contributed by atoms with Crippen molar-refractivity contribution in [2.75, 3.05) is 6.54 Å². The topological polar surface area (TPSA) is 38.3 Å². The lowest BCUT2D eigenvalue weighted by molar-refractivity contribution is 0.0529. The molecular formula is C15H18Cl2FNO2. The van der Waals surface area contributed by atoms with Crippen LogP contribution in [0, 0.1) is 5.82 Å². The summed E-state index contributed by atoms with van der Waals surface area (Å²) in [5.74, 6) is -0.560. The Morgan fingerprint density at radius 3 is 2.62 bits per heavy atom. The van der Waals surface area contributed by atoms with Gasteiger partial charge in [-0.2, -0.15) is 0 Å². The predicted molar refractivity (Wildman–Crippen MR) is 84.3 cm³/mol. The Morgan fingerprint density at radius 2 is 2.05 bits per heavy atom. The summed E-state index contributed by atoms with van der Waals surface area (Å²) in [6.45, 7) is 5.82. The Balaban J connectivity index is 2.41. The quantitative estimate of drug-likeness (QED) is 0.617. The Hall–Kier alpha value is -1.26. The number of hydrogen-bond donors (Lipinski definition) is 1. The molecule has 0 radical (unpaired) electrons. The minimum absolute atomic E-state index is 0.0830. The number of ether oxygens (including phenoxy) is 1. The third kappa shape index (κ3) is 6.82. The van der Waals surface area contributed by atoms with Gasteiger partial charge < -0.3 is 10.1 Å². The summed E-state index contributed by atoms with van der Waals surface area (Å²) in [5, 5.41) is 2.71. The van der Waals surface area contributed by atoms with Gasteiger partial charge in [-0.1, -0.05) is 35.4 Å². The number of nitrogens with one attached hydrogen (secondary N) is 1. The second kappa shape index (κ2) is 7.66. The van der Waals surface area contributed by atoms with Crippen molar-refractivity contribution in [2.24, 2.45) is 0 Å². The first kappa shape index (κ1) is 17.8. The van der Waals surface area contributed by atoms with Crippen LogP contribution >= 0.6 is 23.2 Å².